The van der Waals surface area contributed by atoms with Gasteiger partial charge in [0, 0.05) is 40.0 Å². The van der Waals surface area contributed by atoms with E-state index in [-0.39, 0.29) is 6.10 Å². The summed E-state index contributed by atoms with van der Waals surface area (Å²) in [6.07, 6.45) is 5.11. The summed E-state index contributed by atoms with van der Waals surface area (Å²) in [6.45, 7) is 6.15. The zero-order valence-electron chi connectivity index (χ0n) is 11.0. The number of nitrogens with zero attached hydrogens (tertiary/aromatic N) is 1. The van der Waals surface area contributed by atoms with E-state index in [1.165, 1.54) is 32.4 Å². The average molecular weight is 242 g/mol. The van der Waals surface area contributed by atoms with E-state index in [4.69, 9.17) is 15.2 Å². The second-order valence-electron chi connectivity index (χ2n) is 5.52. The van der Waals surface area contributed by atoms with Gasteiger partial charge in [-0.3, -0.25) is 0 Å². The minimum Gasteiger partial charge on any atom is -0.381 e. The third kappa shape index (κ3) is 3.41. The van der Waals surface area contributed by atoms with Gasteiger partial charge in [0.05, 0.1) is 6.10 Å². The lowest BCUT2D eigenvalue weighted by atomic mass is 9.80. The molecule has 4 heteroatoms. The van der Waals surface area contributed by atoms with E-state index in [0.717, 1.165) is 26.2 Å². The topological polar surface area (TPSA) is 47.7 Å². The van der Waals surface area contributed by atoms with Crippen molar-refractivity contribution < 1.29 is 9.47 Å². The molecule has 1 spiro atoms. The fourth-order valence-corrected chi connectivity index (χ4v) is 3.09. The van der Waals surface area contributed by atoms with Gasteiger partial charge in [0.1, 0.15) is 0 Å². The minimum atomic E-state index is 0.223. The second kappa shape index (κ2) is 6.14. The van der Waals surface area contributed by atoms with Gasteiger partial charge in [-0.15, -0.1) is 0 Å². The fourth-order valence-electron chi connectivity index (χ4n) is 3.09. The Morgan fingerprint density at radius 2 is 2.12 bits per heavy atom. The molecule has 0 bridgehead atoms. The Hall–Kier alpha value is -0.160. The van der Waals surface area contributed by atoms with E-state index in [9.17, 15) is 0 Å². The van der Waals surface area contributed by atoms with E-state index in [2.05, 4.69) is 4.90 Å². The third-order valence-electron chi connectivity index (χ3n) is 4.43. The highest BCUT2D eigenvalue weighted by Gasteiger charge is 2.38. The van der Waals surface area contributed by atoms with Gasteiger partial charge in [0.2, 0.25) is 0 Å². The molecule has 17 heavy (non-hydrogen) atoms. The predicted molar refractivity (Wildman–Crippen MR) is 68.0 cm³/mol. The first kappa shape index (κ1) is 13.3. The smallest absolute Gasteiger partial charge is 0.0705 e. The summed E-state index contributed by atoms with van der Waals surface area (Å²) in [7, 11) is 1.75. The Morgan fingerprint density at radius 3 is 2.76 bits per heavy atom. The summed E-state index contributed by atoms with van der Waals surface area (Å²) in [5.41, 5.74) is 6.20. The Labute approximate surface area is 104 Å². The summed E-state index contributed by atoms with van der Waals surface area (Å²) in [6, 6.07) is 0. The number of rotatable bonds is 5. The normalized spacial score (nSPS) is 26.5. The molecule has 4 nitrogen and oxygen atoms in total. The number of likely N-dealkylation sites (tertiary alicyclic amines) is 1. The molecule has 1 unspecified atom stereocenters. The van der Waals surface area contributed by atoms with Gasteiger partial charge in [0.25, 0.3) is 0 Å². The van der Waals surface area contributed by atoms with Crippen molar-refractivity contribution in [1.29, 1.82) is 0 Å². The van der Waals surface area contributed by atoms with Gasteiger partial charge in [-0.1, -0.05) is 0 Å². The van der Waals surface area contributed by atoms with Crippen LogP contribution in [0.3, 0.4) is 0 Å². The highest BCUT2D eigenvalue weighted by Crippen LogP contribution is 2.39. The molecule has 0 aromatic carbocycles. The van der Waals surface area contributed by atoms with Gasteiger partial charge in [0.15, 0.2) is 0 Å². The van der Waals surface area contributed by atoms with Crippen molar-refractivity contribution in [2.24, 2.45) is 11.1 Å². The SMILES string of the molecule is COC(CN)CCN1CCC2(CCOCC2)C1. The highest BCUT2D eigenvalue weighted by atomic mass is 16.5. The van der Waals surface area contributed by atoms with Crippen LogP contribution >= 0.6 is 0 Å². The molecule has 2 fully saturated rings. The molecule has 0 aromatic rings. The van der Waals surface area contributed by atoms with Gasteiger partial charge in [-0.25, -0.2) is 0 Å². The molecule has 100 valence electrons. The third-order valence-corrected chi connectivity index (χ3v) is 4.43. The quantitative estimate of drug-likeness (QED) is 0.776. The molecule has 0 saturated carbocycles. The molecule has 0 amide bonds. The second-order valence-corrected chi connectivity index (χ2v) is 5.52. The first-order valence-electron chi connectivity index (χ1n) is 6.81. The van der Waals surface area contributed by atoms with Crippen LogP contribution in [0.2, 0.25) is 0 Å². The minimum absolute atomic E-state index is 0.223. The summed E-state index contributed by atoms with van der Waals surface area (Å²) in [5, 5.41) is 0. The van der Waals surface area contributed by atoms with Crippen molar-refractivity contribution >= 4 is 0 Å². The van der Waals surface area contributed by atoms with Crippen LogP contribution in [0.1, 0.15) is 25.7 Å². The van der Waals surface area contributed by atoms with Crippen molar-refractivity contribution in [2.75, 3.05) is 46.5 Å². The van der Waals surface area contributed by atoms with Gasteiger partial charge >= 0.3 is 0 Å². The van der Waals surface area contributed by atoms with Crippen LogP contribution in [0.25, 0.3) is 0 Å². The van der Waals surface area contributed by atoms with Crippen molar-refractivity contribution in [3.63, 3.8) is 0 Å². The van der Waals surface area contributed by atoms with E-state index in [1.54, 1.807) is 7.11 Å². The van der Waals surface area contributed by atoms with Crippen LogP contribution < -0.4 is 5.73 Å². The van der Waals surface area contributed by atoms with Crippen LogP contribution in [0, 0.1) is 5.41 Å². The zero-order valence-corrected chi connectivity index (χ0v) is 11.0. The Bertz CT molecular complexity index is 225. The summed E-state index contributed by atoms with van der Waals surface area (Å²) in [5.74, 6) is 0. The molecule has 2 heterocycles. The van der Waals surface area contributed by atoms with Crippen molar-refractivity contribution in [3.05, 3.63) is 0 Å². The Kier molecular flexibility index (Phi) is 4.79. The largest absolute Gasteiger partial charge is 0.381 e. The molecule has 2 aliphatic heterocycles. The summed E-state index contributed by atoms with van der Waals surface area (Å²) < 4.78 is 10.8. The molecule has 2 aliphatic rings. The summed E-state index contributed by atoms with van der Waals surface area (Å²) in [4.78, 5) is 2.58. The van der Waals surface area contributed by atoms with Crippen LogP contribution in [-0.2, 0) is 9.47 Å². The maximum atomic E-state index is 5.64. The fraction of sp³-hybridized carbons (Fsp3) is 1.00. The van der Waals surface area contributed by atoms with Crippen LogP contribution in [0.5, 0.6) is 0 Å². The first-order chi connectivity index (χ1) is 8.28. The van der Waals surface area contributed by atoms with Gasteiger partial charge < -0.3 is 20.1 Å². The number of hydrogen-bond donors (Lipinski definition) is 1. The summed E-state index contributed by atoms with van der Waals surface area (Å²) >= 11 is 0. The van der Waals surface area contributed by atoms with Crippen molar-refractivity contribution in [2.45, 2.75) is 31.8 Å². The molecular formula is C13H26N2O2. The maximum absolute atomic E-state index is 5.64. The average Bonchev–Trinajstić information content (AvgIpc) is 2.75. The monoisotopic (exact) mass is 242 g/mol. The molecule has 2 N–H and O–H groups in total. The zero-order chi connectivity index (χ0) is 12.1. The lowest BCUT2D eigenvalue weighted by molar-refractivity contribution is 0.0183. The van der Waals surface area contributed by atoms with Crippen LogP contribution in [0.15, 0.2) is 0 Å². The standard InChI is InChI=1S/C13H26N2O2/c1-16-12(10-14)2-6-15-7-3-13(11-15)4-8-17-9-5-13/h12H,2-11,14H2,1H3. The van der Waals surface area contributed by atoms with E-state index in [0.29, 0.717) is 12.0 Å². The van der Waals surface area contributed by atoms with E-state index in [1.807, 2.05) is 0 Å². The number of hydrogen-bond acceptors (Lipinski definition) is 4. The van der Waals surface area contributed by atoms with Crippen molar-refractivity contribution in [1.82, 2.24) is 4.90 Å². The number of ether oxygens (including phenoxy) is 2. The lowest BCUT2D eigenvalue weighted by Gasteiger charge is -2.33. The highest BCUT2D eigenvalue weighted by molar-refractivity contribution is 4.91. The van der Waals surface area contributed by atoms with E-state index < -0.39 is 0 Å². The predicted octanol–water partition coefficient (Wildman–Crippen LogP) is 0.853. The molecular weight excluding hydrogens is 216 g/mol. The van der Waals surface area contributed by atoms with Crippen molar-refractivity contribution in [3.8, 4) is 0 Å². The number of methoxy groups -OCH3 is 1. The van der Waals surface area contributed by atoms with Gasteiger partial charge in [-0.2, -0.15) is 0 Å². The maximum Gasteiger partial charge on any atom is 0.0705 e. The van der Waals surface area contributed by atoms with Crippen LogP contribution in [-0.4, -0.2) is 57.5 Å². The van der Waals surface area contributed by atoms with Gasteiger partial charge in [-0.05, 0) is 37.6 Å². The molecule has 1 atom stereocenters. The molecule has 0 aliphatic carbocycles. The molecule has 2 saturated heterocycles. The Morgan fingerprint density at radius 1 is 1.35 bits per heavy atom. The molecule has 0 aromatic heterocycles. The molecule has 2 rings (SSSR count). The van der Waals surface area contributed by atoms with E-state index >= 15 is 0 Å². The van der Waals surface area contributed by atoms with Crippen LogP contribution in [0.4, 0.5) is 0 Å². The number of nitrogens with two attached hydrogens (primary N) is 1. The molecule has 0 radical (unpaired) electrons. The lowest BCUT2D eigenvalue weighted by Crippen LogP contribution is -2.34. The Balaban J connectivity index is 1.73. The first-order valence-corrected chi connectivity index (χ1v) is 6.81.